The number of ether oxygens (including phenoxy) is 1. The van der Waals surface area contributed by atoms with Gasteiger partial charge in [-0.25, -0.2) is 0 Å². The maximum absolute atomic E-state index is 5.65. The summed E-state index contributed by atoms with van der Waals surface area (Å²) in [5.74, 6) is 1.86. The van der Waals surface area contributed by atoms with Crippen molar-refractivity contribution in [2.45, 2.75) is 37.1 Å². The van der Waals surface area contributed by atoms with Crippen LogP contribution in [0.5, 0.6) is 0 Å². The third-order valence-corrected chi connectivity index (χ3v) is 4.68. The van der Waals surface area contributed by atoms with Crippen molar-refractivity contribution in [3.05, 3.63) is 30.3 Å². The van der Waals surface area contributed by atoms with Crippen molar-refractivity contribution in [2.24, 2.45) is 5.92 Å². The lowest BCUT2D eigenvalue weighted by Gasteiger charge is -2.32. The molecule has 1 fully saturated rings. The molecule has 0 amide bonds. The van der Waals surface area contributed by atoms with Crippen LogP contribution in [0.15, 0.2) is 35.2 Å². The fraction of sp³-hybridized carbons (Fsp3) is 0.625. The van der Waals surface area contributed by atoms with Crippen LogP contribution in [0.2, 0.25) is 0 Å². The van der Waals surface area contributed by atoms with Crippen LogP contribution in [0.1, 0.15) is 26.2 Å². The molecular formula is C16H25NOS. The minimum atomic E-state index is 0.657. The van der Waals surface area contributed by atoms with E-state index < -0.39 is 0 Å². The van der Waals surface area contributed by atoms with Gasteiger partial charge in [-0.15, -0.1) is 11.8 Å². The van der Waals surface area contributed by atoms with Gasteiger partial charge in [0.1, 0.15) is 0 Å². The van der Waals surface area contributed by atoms with Crippen molar-refractivity contribution >= 4 is 11.8 Å². The van der Waals surface area contributed by atoms with Crippen LogP contribution in [-0.2, 0) is 4.74 Å². The fourth-order valence-corrected chi connectivity index (χ4v) is 3.53. The monoisotopic (exact) mass is 279 g/mol. The van der Waals surface area contributed by atoms with Gasteiger partial charge >= 0.3 is 0 Å². The van der Waals surface area contributed by atoms with Crippen LogP contribution >= 0.6 is 11.8 Å². The second-order valence-electron chi connectivity index (χ2n) is 5.13. The second-order valence-corrected chi connectivity index (χ2v) is 6.30. The van der Waals surface area contributed by atoms with Crippen molar-refractivity contribution < 1.29 is 4.74 Å². The van der Waals surface area contributed by atoms with Crippen molar-refractivity contribution in [3.8, 4) is 0 Å². The zero-order valence-corrected chi connectivity index (χ0v) is 12.6. The van der Waals surface area contributed by atoms with E-state index in [-0.39, 0.29) is 0 Å². The molecule has 1 aromatic rings. The molecule has 2 rings (SSSR count). The van der Waals surface area contributed by atoms with Crippen molar-refractivity contribution in [1.82, 2.24) is 5.32 Å². The number of hydrogen-bond donors (Lipinski definition) is 1. The van der Waals surface area contributed by atoms with Crippen LogP contribution in [0.3, 0.4) is 0 Å². The van der Waals surface area contributed by atoms with Crippen LogP contribution in [0, 0.1) is 5.92 Å². The SMILES string of the molecule is CCCNC1CCOCC1CCSc1ccccc1. The lowest BCUT2D eigenvalue weighted by Crippen LogP contribution is -2.43. The minimum Gasteiger partial charge on any atom is -0.381 e. The van der Waals surface area contributed by atoms with E-state index in [1.54, 1.807) is 0 Å². The summed E-state index contributed by atoms with van der Waals surface area (Å²) in [6.45, 7) is 5.21. The second kappa shape index (κ2) is 8.62. The molecule has 2 nitrogen and oxygen atoms in total. The summed E-state index contributed by atoms with van der Waals surface area (Å²) >= 11 is 1.96. The predicted octanol–water partition coefficient (Wildman–Crippen LogP) is 3.57. The Morgan fingerprint density at radius 3 is 2.95 bits per heavy atom. The number of rotatable bonds is 7. The first-order chi connectivity index (χ1) is 9.40. The first-order valence-corrected chi connectivity index (χ1v) is 8.37. The maximum Gasteiger partial charge on any atom is 0.0509 e. The van der Waals surface area contributed by atoms with Crippen molar-refractivity contribution in [1.29, 1.82) is 0 Å². The molecule has 1 N–H and O–H groups in total. The van der Waals surface area contributed by atoms with Gasteiger partial charge in [0, 0.05) is 17.5 Å². The summed E-state index contributed by atoms with van der Waals surface area (Å²) in [6, 6.07) is 11.3. The van der Waals surface area contributed by atoms with Gasteiger partial charge in [-0.2, -0.15) is 0 Å². The van der Waals surface area contributed by atoms with E-state index in [1.807, 2.05) is 11.8 Å². The van der Waals surface area contributed by atoms with Gasteiger partial charge in [0.05, 0.1) is 6.61 Å². The van der Waals surface area contributed by atoms with Crippen LogP contribution < -0.4 is 5.32 Å². The highest BCUT2D eigenvalue weighted by Gasteiger charge is 2.24. The molecule has 1 aromatic carbocycles. The van der Waals surface area contributed by atoms with E-state index in [2.05, 4.69) is 42.6 Å². The molecule has 106 valence electrons. The number of benzene rings is 1. The molecule has 0 spiro atoms. The van der Waals surface area contributed by atoms with Crippen molar-refractivity contribution in [3.63, 3.8) is 0 Å². The Balaban J connectivity index is 1.73. The topological polar surface area (TPSA) is 21.3 Å². The molecule has 0 saturated carbocycles. The molecule has 0 aliphatic carbocycles. The first kappa shape index (κ1) is 14.9. The fourth-order valence-electron chi connectivity index (χ4n) is 2.52. The smallest absolute Gasteiger partial charge is 0.0509 e. The lowest BCUT2D eigenvalue weighted by atomic mass is 9.93. The molecule has 3 heteroatoms. The Hall–Kier alpha value is -0.510. The zero-order chi connectivity index (χ0) is 13.3. The standard InChI is InChI=1S/C16H25NOS/c1-2-10-17-16-8-11-18-13-14(16)9-12-19-15-6-4-3-5-7-15/h3-7,14,16-17H,2,8-13H2,1H3. The third-order valence-electron chi connectivity index (χ3n) is 3.63. The largest absolute Gasteiger partial charge is 0.381 e. The molecule has 1 aliphatic heterocycles. The van der Waals surface area contributed by atoms with Gasteiger partial charge in [-0.05, 0) is 49.6 Å². The van der Waals surface area contributed by atoms with Gasteiger partial charge in [0.2, 0.25) is 0 Å². The highest BCUT2D eigenvalue weighted by atomic mass is 32.2. The summed E-state index contributed by atoms with van der Waals surface area (Å²) < 4.78 is 5.65. The number of nitrogens with one attached hydrogen (secondary N) is 1. The Labute approximate surface area is 121 Å². The molecule has 1 heterocycles. The quantitative estimate of drug-likeness (QED) is 0.771. The Kier molecular flexibility index (Phi) is 6.75. The van der Waals surface area contributed by atoms with E-state index in [9.17, 15) is 0 Å². The molecule has 2 atom stereocenters. The van der Waals surface area contributed by atoms with Crippen molar-refractivity contribution in [2.75, 3.05) is 25.5 Å². The number of thioether (sulfide) groups is 1. The van der Waals surface area contributed by atoms with Gasteiger partial charge < -0.3 is 10.1 Å². The van der Waals surface area contributed by atoms with E-state index in [0.717, 1.165) is 19.8 Å². The Morgan fingerprint density at radius 1 is 1.32 bits per heavy atom. The summed E-state index contributed by atoms with van der Waals surface area (Å²) in [4.78, 5) is 1.37. The molecule has 2 unspecified atom stereocenters. The normalized spacial score (nSPS) is 23.4. The molecule has 1 saturated heterocycles. The predicted molar refractivity (Wildman–Crippen MR) is 82.8 cm³/mol. The summed E-state index contributed by atoms with van der Waals surface area (Å²) in [5.41, 5.74) is 0. The van der Waals surface area contributed by atoms with E-state index in [0.29, 0.717) is 12.0 Å². The lowest BCUT2D eigenvalue weighted by molar-refractivity contribution is 0.0312. The van der Waals surface area contributed by atoms with E-state index in [1.165, 1.54) is 29.9 Å². The highest BCUT2D eigenvalue weighted by Crippen LogP contribution is 2.24. The summed E-state index contributed by atoms with van der Waals surface area (Å²) in [6.07, 6.45) is 3.62. The third kappa shape index (κ3) is 5.17. The molecule has 0 radical (unpaired) electrons. The first-order valence-electron chi connectivity index (χ1n) is 7.39. The highest BCUT2D eigenvalue weighted by molar-refractivity contribution is 7.99. The van der Waals surface area contributed by atoms with Gasteiger partial charge in [0.25, 0.3) is 0 Å². The average Bonchev–Trinajstić information content (AvgIpc) is 2.47. The van der Waals surface area contributed by atoms with Crippen LogP contribution in [0.25, 0.3) is 0 Å². The maximum atomic E-state index is 5.65. The van der Waals surface area contributed by atoms with E-state index >= 15 is 0 Å². The van der Waals surface area contributed by atoms with Crippen LogP contribution in [0.4, 0.5) is 0 Å². The molecule has 1 aliphatic rings. The average molecular weight is 279 g/mol. The molecule has 0 bridgehead atoms. The molecule has 19 heavy (non-hydrogen) atoms. The van der Waals surface area contributed by atoms with Crippen LogP contribution in [-0.4, -0.2) is 31.6 Å². The summed E-state index contributed by atoms with van der Waals surface area (Å²) in [5, 5.41) is 3.68. The Morgan fingerprint density at radius 2 is 2.16 bits per heavy atom. The van der Waals surface area contributed by atoms with Gasteiger partial charge in [-0.3, -0.25) is 0 Å². The van der Waals surface area contributed by atoms with Gasteiger partial charge in [0.15, 0.2) is 0 Å². The summed E-state index contributed by atoms with van der Waals surface area (Å²) in [7, 11) is 0. The Bertz CT molecular complexity index is 344. The molecule has 0 aromatic heterocycles. The minimum absolute atomic E-state index is 0.657. The van der Waals surface area contributed by atoms with E-state index in [4.69, 9.17) is 4.74 Å². The number of hydrogen-bond acceptors (Lipinski definition) is 3. The van der Waals surface area contributed by atoms with Gasteiger partial charge in [-0.1, -0.05) is 25.1 Å². The molecular weight excluding hydrogens is 254 g/mol. The zero-order valence-electron chi connectivity index (χ0n) is 11.8.